The van der Waals surface area contributed by atoms with Gasteiger partial charge in [-0.1, -0.05) is 29.5 Å². The highest BCUT2D eigenvalue weighted by Crippen LogP contribution is 2.38. The summed E-state index contributed by atoms with van der Waals surface area (Å²) in [5.41, 5.74) is 1.81. The van der Waals surface area contributed by atoms with Crippen LogP contribution < -0.4 is 29.1 Å². The van der Waals surface area contributed by atoms with E-state index in [2.05, 4.69) is 4.99 Å². The Balaban J connectivity index is 1.60. The molecule has 0 bridgehead atoms. The number of fused-ring (bicyclic) bond motifs is 2. The molecule has 0 saturated carbocycles. The smallest absolute Gasteiger partial charge is 0.341 e. The first-order chi connectivity index (χ1) is 17.9. The van der Waals surface area contributed by atoms with Crippen molar-refractivity contribution in [3.8, 4) is 17.2 Å². The van der Waals surface area contributed by atoms with Crippen molar-refractivity contribution >= 4 is 29.4 Å². The first kappa shape index (κ1) is 24.3. The number of aromatic nitrogens is 1. The average molecular weight is 523 g/mol. The van der Waals surface area contributed by atoms with Crippen molar-refractivity contribution in [1.29, 1.82) is 0 Å². The fourth-order valence-electron chi connectivity index (χ4n) is 4.15. The molecule has 10 nitrogen and oxygen atoms in total. The Bertz CT molecular complexity index is 1600. The Labute approximate surface area is 214 Å². The number of nitrogens with zero attached hydrogens (tertiary/aromatic N) is 2. The van der Waals surface area contributed by atoms with Gasteiger partial charge in [-0.25, -0.2) is 14.6 Å². The number of carbonyl (C=O) groups is 2. The topological polar surface area (TPSA) is 126 Å². The van der Waals surface area contributed by atoms with Crippen LogP contribution in [0.15, 0.2) is 63.5 Å². The van der Waals surface area contributed by atoms with Crippen LogP contribution in [0.3, 0.4) is 0 Å². The average Bonchev–Trinajstić information content (AvgIpc) is 3.46. The van der Waals surface area contributed by atoms with Crippen molar-refractivity contribution in [2.75, 3.05) is 20.0 Å². The zero-order chi connectivity index (χ0) is 26.1. The van der Waals surface area contributed by atoms with Gasteiger partial charge in [-0.15, -0.1) is 0 Å². The summed E-state index contributed by atoms with van der Waals surface area (Å²) >= 11 is 1.21. The minimum Gasteiger partial charge on any atom is -0.482 e. The summed E-state index contributed by atoms with van der Waals surface area (Å²) in [6.45, 7) is 3.27. The molecule has 0 radical (unpaired) electrons. The Morgan fingerprint density at radius 2 is 1.95 bits per heavy atom. The number of allylic oxidation sites excluding steroid dienone is 1. The minimum absolute atomic E-state index is 0.0985. The molecule has 1 unspecified atom stereocenters. The SMILES string of the molecule is CCOC(=O)C1=C(C)N=c2s/c(=C/c3ccc(OCC(=O)O)cc3)c(=O)n2C1c1ccc2c(c1)OCO2. The molecule has 3 aromatic rings. The summed E-state index contributed by atoms with van der Waals surface area (Å²) in [4.78, 5) is 42.4. The fourth-order valence-corrected chi connectivity index (χ4v) is 5.19. The zero-order valence-electron chi connectivity index (χ0n) is 19.9. The van der Waals surface area contributed by atoms with E-state index in [4.69, 9.17) is 24.1 Å². The molecule has 0 fully saturated rings. The molecule has 2 aliphatic rings. The Morgan fingerprint density at radius 1 is 1.19 bits per heavy atom. The molecule has 190 valence electrons. The second-order valence-electron chi connectivity index (χ2n) is 8.17. The molecular formula is C26H22N2O8S. The molecule has 3 heterocycles. The van der Waals surface area contributed by atoms with Gasteiger partial charge in [0.1, 0.15) is 5.75 Å². The van der Waals surface area contributed by atoms with Gasteiger partial charge in [0.2, 0.25) is 6.79 Å². The molecule has 1 aromatic heterocycles. The summed E-state index contributed by atoms with van der Waals surface area (Å²) in [6.07, 6.45) is 1.71. The maximum absolute atomic E-state index is 13.7. The first-order valence-corrected chi connectivity index (χ1v) is 12.2. The molecule has 2 aromatic carbocycles. The number of rotatable bonds is 7. The molecule has 0 spiro atoms. The summed E-state index contributed by atoms with van der Waals surface area (Å²) in [5, 5.41) is 8.76. The van der Waals surface area contributed by atoms with E-state index in [-0.39, 0.29) is 24.5 Å². The molecule has 2 aliphatic heterocycles. The summed E-state index contributed by atoms with van der Waals surface area (Å²) in [6, 6.07) is 11.2. The van der Waals surface area contributed by atoms with Crippen molar-refractivity contribution in [3.63, 3.8) is 0 Å². The van der Waals surface area contributed by atoms with Gasteiger partial charge in [0.05, 0.1) is 28.5 Å². The van der Waals surface area contributed by atoms with E-state index < -0.39 is 24.6 Å². The molecule has 11 heteroatoms. The van der Waals surface area contributed by atoms with Gasteiger partial charge in [0.25, 0.3) is 5.56 Å². The van der Waals surface area contributed by atoms with E-state index in [1.807, 2.05) is 0 Å². The van der Waals surface area contributed by atoms with Crippen LogP contribution in [0.1, 0.15) is 31.0 Å². The van der Waals surface area contributed by atoms with Gasteiger partial charge in [0.15, 0.2) is 22.9 Å². The van der Waals surface area contributed by atoms with Crippen LogP contribution in [-0.4, -0.2) is 41.6 Å². The molecule has 0 aliphatic carbocycles. The van der Waals surface area contributed by atoms with Gasteiger partial charge in [-0.2, -0.15) is 0 Å². The van der Waals surface area contributed by atoms with Gasteiger partial charge in [0, 0.05) is 0 Å². The molecule has 1 N–H and O–H groups in total. The van der Waals surface area contributed by atoms with Crippen molar-refractivity contribution in [1.82, 2.24) is 4.57 Å². The lowest BCUT2D eigenvalue weighted by Gasteiger charge is -2.24. The second-order valence-corrected chi connectivity index (χ2v) is 9.18. The second kappa shape index (κ2) is 9.94. The lowest BCUT2D eigenvalue weighted by molar-refractivity contribution is -0.140. The van der Waals surface area contributed by atoms with Crippen LogP contribution in [0.4, 0.5) is 0 Å². The van der Waals surface area contributed by atoms with Crippen LogP contribution in [-0.2, 0) is 14.3 Å². The number of hydrogen-bond acceptors (Lipinski definition) is 9. The third-order valence-electron chi connectivity index (χ3n) is 5.77. The first-order valence-electron chi connectivity index (χ1n) is 11.4. The minimum atomic E-state index is -1.07. The number of ether oxygens (including phenoxy) is 4. The van der Waals surface area contributed by atoms with E-state index in [0.29, 0.717) is 43.4 Å². The molecule has 5 rings (SSSR count). The van der Waals surface area contributed by atoms with Crippen molar-refractivity contribution in [2.24, 2.45) is 4.99 Å². The van der Waals surface area contributed by atoms with E-state index in [1.165, 1.54) is 15.9 Å². The van der Waals surface area contributed by atoms with E-state index >= 15 is 0 Å². The Kier molecular flexibility index (Phi) is 6.53. The third-order valence-corrected chi connectivity index (χ3v) is 6.75. The predicted molar refractivity (Wildman–Crippen MR) is 133 cm³/mol. The molecular weight excluding hydrogens is 500 g/mol. The number of carbonyl (C=O) groups excluding carboxylic acids is 1. The summed E-state index contributed by atoms with van der Waals surface area (Å²) < 4.78 is 23.3. The molecule has 0 amide bonds. The van der Waals surface area contributed by atoms with Crippen LogP contribution in [0, 0.1) is 0 Å². The largest absolute Gasteiger partial charge is 0.482 e. The number of aliphatic carboxylic acids is 1. The van der Waals surface area contributed by atoms with Crippen LogP contribution in [0.25, 0.3) is 6.08 Å². The van der Waals surface area contributed by atoms with Gasteiger partial charge < -0.3 is 24.1 Å². The molecule has 0 saturated heterocycles. The highest BCUT2D eigenvalue weighted by Gasteiger charge is 2.34. The summed E-state index contributed by atoms with van der Waals surface area (Å²) in [5.74, 6) is -0.0936. The van der Waals surface area contributed by atoms with Gasteiger partial charge >= 0.3 is 11.9 Å². The quantitative estimate of drug-likeness (QED) is 0.467. The molecule has 37 heavy (non-hydrogen) atoms. The van der Waals surface area contributed by atoms with Crippen LogP contribution in [0.2, 0.25) is 0 Å². The lowest BCUT2D eigenvalue weighted by atomic mass is 9.95. The zero-order valence-corrected chi connectivity index (χ0v) is 20.7. The number of hydrogen-bond donors (Lipinski definition) is 1. The van der Waals surface area contributed by atoms with Crippen molar-refractivity contribution in [3.05, 3.63) is 84.5 Å². The monoisotopic (exact) mass is 522 g/mol. The van der Waals surface area contributed by atoms with Gasteiger partial charge in [-0.05, 0) is 55.3 Å². The number of esters is 1. The third kappa shape index (κ3) is 4.73. The number of carboxylic acids is 1. The maximum atomic E-state index is 13.7. The normalized spacial score (nSPS) is 16.3. The predicted octanol–water partition coefficient (Wildman–Crippen LogP) is 1.99. The van der Waals surface area contributed by atoms with E-state index in [1.54, 1.807) is 62.4 Å². The highest BCUT2D eigenvalue weighted by molar-refractivity contribution is 7.07. The van der Waals surface area contributed by atoms with E-state index in [0.717, 1.165) is 0 Å². The van der Waals surface area contributed by atoms with Crippen molar-refractivity contribution < 1.29 is 33.6 Å². The summed E-state index contributed by atoms with van der Waals surface area (Å²) in [7, 11) is 0. The van der Waals surface area contributed by atoms with Crippen LogP contribution in [0.5, 0.6) is 17.2 Å². The molecule has 1 atom stereocenters. The Morgan fingerprint density at radius 3 is 2.68 bits per heavy atom. The fraction of sp³-hybridized carbons (Fsp3) is 0.231. The van der Waals surface area contributed by atoms with E-state index in [9.17, 15) is 14.4 Å². The van der Waals surface area contributed by atoms with Crippen molar-refractivity contribution in [2.45, 2.75) is 19.9 Å². The van der Waals surface area contributed by atoms with Crippen LogP contribution >= 0.6 is 11.3 Å². The highest BCUT2D eigenvalue weighted by atomic mass is 32.1. The Hall–Kier alpha value is -4.38. The number of benzene rings is 2. The van der Waals surface area contributed by atoms with Gasteiger partial charge in [-0.3, -0.25) is 9.36 Å². The standard InChI is InChI=1S/C26H22N2O8S/c1-3-33-25(32)22-14(2)27-26-28(23(22)16-6-9-18-19(11-16)36-13-35-18)24(31)20(37-26)10-15-4-7-17(8-5-15)34-12-21(29)30/h4-11,23H,3,12-13H2,1-2H3,(H,29,30)/b20-10+. The lowest BCUT2D eigenvalue weighted by Crippen LogP contribution is -2.39. The maximum Gasteiger partial charge on any atom is 0.341 e. The number of carboxylic acid groups (broad SMARTS) is 1. The number of thiazole rings is 1.